The van der Waals surface area contributed by atoms with E-state index in [1.807, 2.05) is 17.6 Å². The normalized spacial score (nSPS) is 15.7. The monoisotopic (exact) mass is 422 g/mol. The maximum atomic E-state index is 11.8. The van der Waals surface area contributed by atoms with Crippen molar-refractivity contribution in [2.24, 2.45) is 0 Å². The van der Waals surface area contributed by atoms with Gasteiger partial charge in [-0.05, 0) is 64.3 Å². The van der Waals surface area contributed by atoms with E-state index in [0.29, 0.717) is 11.7 Å². The summed E-state index contributed by atoms with van der Waals surface area (Å²) in [7, 11) is -3.24. The number of hydrogen-bond donors (Lipinski definition) is 2. The number of hydrogen-bond acceptors (Lipinski definition) is 6. The van der Waals surface area contributed by atoms with Crippen molar-refractivity contribution in [2.75, 3.05) is 35.0 Å². The summed E-state index contributed by atoms with van der Waals surface area (Å²) < 4.78 is 26.2. The van der Waals surface area contributed by atoms with E-state index in [9.17, 15) is 8.42 Å². The third kappa shape index (κ3) is 5.93. The standard InChI is InChI=1S/C20H30N4O2S2/c1-3-28(25,26)23-18-6-4-7-19(14-18)24-12-9-17(10-13-24)21-11-5-8-20-16(2)22-15-27-20/h4,6-7,14-15,17,21,23H,3,5,8-13H2,1-2H3. The first-order chi connectivity index (χ1) is 13.5. The minimum absolute atomic E-state index is 0.0802. The fourth-order valence-electron chi connectivity index (χ4n) is 3.48. The van der Waals surface area contributed by atoms with Crippen LogP contribution in [-0.4, -0.2) is 44.8 Å². The lowest BCUT2D eigenvalue weighted by Gasteiger charge is -2.34. The van der Waals surface area contributed by atoms with Crippen molar-refractivity contribution in [3.05, 3.63) is 40.3 Å². The first-order valence-electron chi connectivity index (χ1n) is 9.94. The number of anilines is 2. The number of thiazole rings is 1. The Labute approximate surface area is 172 Å². The number of nitrogens with zero attached hydrogens (tertiary/aromatic N) is 2. The van der Waals surface area contributed by atoms with E-state index in [-0.39, 0.29) is 5.75 Å². The summed E-state index contributed by atoms with van der Waals surface area (Å²) in [5, 5.41) is 3.69. The molecule has 0 radical (unpaired) electrons. The van der Waals surface area contributed by atoms with E-state index < -0.39 is 10.0 Å². The van der Waals surface area contributed by atoms with Crippen LogP contribution in [0.5, 0.6) is 0 Å². The van der Waals surface area contributed by atoms with E-state index in [1.165, 1.54) is 10.6 Å². The molecule has 1 fully saturated rings. The van der Waals surface area contributed by atoms with E-state index in [1.54, 1.807) is 24.3 Å². The molecule has 0 saturated carbocycles. The molecule has 0 amide bonds. The Bertz CT molecular complexity index is 859. The van der Waals surface area contributed by atoms with Crippen LogP contribution in [0.25, 0.3) is 0 Å². The summed E-state index contributed by atoms with van der Waals surface area (Å²) in [6, 6.07) is 8.25. The second kappa shape index (κ2) is 9.71. The summed E-state index contributed by atoms with van der Waals surface area (Å²) in [5.74, 6) is 0.0802. The second-order valence-corrected chi connectivity index (χ2v) is 10.2. The van der Waals surface area contributed by atoms with Gasteiger partial charge in [0.15, 0.2) is 0 Å². The molecule has 0 spiro atoms. The van der Waals surface area contributed by atoms with Gasteiger partial charge in [0.2, 0.25) is 10.0 Å². The van der Waals surface area contributed by atoms with Gasteiger partial charge in [0.25, 0.3) is 0 Å². The van der Waals surface area contributed by atoms with Crippen LogP contribution < -0.4 is 14.9 Å². The predicted octanol–water partition coefficient (Wildman–Crippen LogP) is 3.40. The van der Waals surface area contributed by atoms with Crippen LogP contribution in [0.2, 0.25) is 0 Å². The fraction of sp³-hybridized carbons (Fsp3) is 0.550. The molecule has 1 aromatic carbocycles. The molecule has 0 unspecified atom stereocenters. The first-order valence-corrected chi connectivity index (χ1v) is 12.5. The number of rotatable bonds is 9. The third-order valence-electron chi connectivity index (χ3n) is 5.22. The van der Waals surface area contributed by atoms with Gasteiger partial charge in [-0.2, -0.15) is 0 Å². The summed E-state index contributed by atoms with van der Waals surface area (Å²) >= 11 is 1.75. The van der Waals surface area contributed by atoms with Crippen molar-refractivity contribution in [3.63, 3.8) is 0 Å². The van der Waals surface area contributed by atoms with Crippen LogP contribution in [0.1, 0.15) is 36.8 Å². The lowest BCUT2D eigenvalue weighted by molar-refractivity contribution is 0.413. The molecule has 2 heterocycles. The summed E-state index contributed by atoms with van der Waals surface area (Å²) in [6.45, 7) is 6.72. The Hall–Kier alpha value is -1.64. The van der Waals surface area contributed by atoms with Crippen molar-refractivity contribution in [3.8, 4) is 0 Å². The molecule has 1 aliphatic rings. The molecule has 1 aromatic heterocycles. The molecule has 8 heteroatoms. The highest BCUT2D eigenvalue weighted by atomic mass is 32.2. The number of benzene rings is 1. The fourth-order valence-corrected chi connectivity index (χ4v) is 4.93. The third-order valence-corrected chi connectivity index (χ3v) is 7.52. The molecule has 0 aliphatic carbocycles. The van der Waals surface area contributed by atoms with Gasteiger partial charge < -0.3 is 10.2 Å². The highest BCUT2D eigenvalue weighted by Crippen LogP contribution is 2.24. The molecule has 6 nitrogen and oxygen atoms in total. The van der Waals surface area contributed by atoms with Crippen LogP contribution in [-0.2, 0) is 16.4 Å². The van der Waals surface area contributed by atoms with E-state index >= 15 is 0 Å². The van der Waals surface area contributed by atoms with Crippen LogP contribution in [0.3, 0.4) is 0 Å². The lowest BCUT2D eigenvalue weighted by Crippen LogP contribution is -2.42. The maximum absolute atomic E-state index is 11.8. The topological polar surface area (TPSA) is 74.3 Å². The summed E-state index contributed by atoms with van der Waals surface area (Å²) in [6.07, 6.45) is 4.45. The molecule has 1 aliphatic heterocycles. The Kier molecular flexibility index (Phi) is 7.31. The smallest absolute Gasteiger partial charge is 0.232 e. The minimum atomic E-state index is -3.24. The minimum Gasteiger partial charge on any atom is -0.371 e. The van der Waals surface area contributed by atoms with Gasteiger partial charge >= 0.3 is 0 Å². The quantitative estimate of drug-likeness (QED) is 0.606. The van der Waals surface area contributed by atoms with Crippen LogP contribution in [0, 0.1) is 6.92 Å². The second-order valence-electron chi connectivity index (χ2n) is 7.24. The zero-order valence-electron chi connectivity index (χ0n) is 16.6. The Morgan fingerprint density at radius 1 is 1.29 bits per heavy atom. The molecule has 1 saturated heterocycles. The van der Waals surface area contributed by atoms with Gasteiger partial charge in [-0.1, -0.05) is 6.07 Å². The highest BCUT2D eigenvalue weighted by molar-refractivity contribution is 7.92. The Balaban J connectivity index is 1.43. The molecule has 154 valence electrons. The van der Waals surface area contributed by atoms with Crippen molar-refractivity contribution >= 4 is 32.7 Å². The molecule has 0 atom stereocenters. The van der Waals surface area contributed by atoms with Gasteiger partial charge in [-0.3, -0.25) is 4.72 Å². The number of nitrogens with one attached hydrogen (secondary N) is 2. The van der Waals surface area contributed by atoms with Gasteiger partial charge in [-0.15, -0.1) is 11.3 Å². The van der Waals surface area contributed by atoms with Crippen molar-refractivity contribution in [2.45, 2.75) is 45.6 Å². The van der Waals surface area contributed by atoms with E-state index in [4.69, 9.17) is 0 Å². The van der Waals surface area contributed by atoms with Crippen molar-refractivity contribution in [1.29, 1.82) is 0 Å². The molecule has 2 aromatic rings. The highest BCUT2D eigenvalue weighted by Gasteiger charge is 2.19. The summed E-state index contributed by atoms with van der Waals surface area (Å²) in [5.41, 5.74) is 4.81. The van der Waals surface area contributed by atoms with Gasteiger partial charge in [0.05, 0.1) is 22.6 Å². The van der Waals surface area contributed by atoms with E-state index in [0.717, 1.165) is 51.0 Å². The van der Waals surface area contributed by atoms with Gasteiger partial charge in [-0.25, -0.2) is 13.4 Å². The maximum Gasteiger partial charge on any atom is 0.232 e. The number of aryl methyl sites for hydroxylation is 2. The number of aromatic nitrogens is 1. The number of piperidine rings is 1. The summed E-state index contributed by atoms with van der Waals surface area (Å²) in [4.78, 5) is 8.04. The van der Waals surface area contributed by atoms with Crippen molar-refractivity contribution in [1.82, 2.24) is 10.3 Å². The molecular formula is C20H30N4O2S2. The zero-order chi connectivity index (χ0) is 20.0. The van der Waals surface area contributed by atoms with Crippen molar-refractivity contribution < 1.29 is 8.42 Å². The largest absolute Gasteiger partial charge is 0.371 e. The van der Waals surface area contributed by atoms with E-state index in [2.05, 4.69) is 32.9 Å². The molecule has 28 heavy (non-hydrogen) atoms. The first kappa shape index (κ1) is 21.1. The Morgan fingerprint density at radius 3 is 2.75 bits per heavy atom. The average Bonchev–Trinajstić information content (AvgIpc) is 3.10. The molecular weight excluding hydrogens is 392 g/mol. The van der Waals surface area contributed by atoms with Gasteiger partial charge in [0.1, 0.15) is 0 Å². The predicted molar refractivity (Wildman–Crippen MR) is 118 cm³/mol. The van der Waals surface area contributed by atoms with Crippen LogP contribution in [0.4, 0.5) is 11.4 Å². The molecule has 0 bridgehead atoms. The van der Waals surface area contributed by atoms with Gasteiger partial charge in [0, 0.05) is 29.7 Å². The zero-order valence-corrected chi connectivity index (χ0v) is 18.3. The lowest BCUT2D eigenvalue weighted by atomic mass is 10.0. The average molecular weight is 423 g/mol. The SMILES string of the molecule is CCS(=O)(=O)Nc1cccc(N2CCC(NCCCc3scnc3C)CC2)c1. The Morgan fingerprint density at radius 2 is 2.07 bits per heavy atom. The molecule has 3 rings (SSSR count). The molecule has 2 N–H and O–H groups in total. The number of sulfonamides is 1. The van der Waals surface area contributed by atoms with Crippen LogP contribution >= 0.6 is 11.3 Å². The van der Waals surface area contributed by atoms with Crippen LogP contribution in [0.15, 0.2) is 29.8 Å².